The second kappa shape index (κ2) is 6.66. The summed E-state index contributed by atoms with van der Waals surface area (Å²) >= 11 is 0. The van der Waals surface area contributed by atoms with Crippen LogP contribution in [0.15, 0.2) is 60.9 Å². The number of hydrogen-bond donors (Lipinski definition) is 1. The SMILES string of the molecule is CC(NC(=O)c1cc(-c2ccc(F)cc2)cn1C)c1ccccn1. The molecule has 2 aromatic heterocycles. The lowest BCUT2D eigenvalue weighted by atomic mass is 10.1. The second-order valence-corrected chi connectivity index (χ2v) is 5.68. The first kappa shape index (κ1) is 15.9. The highest BCUT2D eigenvalue weighted by Gasteiger charge is 2.16. The molecule has 0 radical (unpaired) electrons. The minimum Gasteiger partial charge on any atom is -0.346 e. The van der Waals surface area contributed by atoms with Gasteiger partial charge in [0.2, 0.25) is 0 Å². The van der Waals surface area contributed by atoms with Crippen LogP contribution >= 0.6 is 0 Å². The number of aryl methyl sites for hydroxylation is 1. The van der Waals surface area contributed by atoms with Crippen LogP contribution in [-0.4, -0.2) is 15.5 Å². The molecule has 0 aliphatic heterocycles. The summed E-state index contributed by atoms with van der Waals surface area (Å²) in [7, 11) is 1.81. The Labute approximate surface area is 140 Å². The summed E-state index contributed by atoms with van der Waals surface area (Å²) in [6.45, 7) is 1.89. The minimum absolute atomic E-state index is 0.177. The zero-order chi connectivity index (χ0) is 17.1. The maximum absolute atomic E-state index is 13.0. The van der Waals surface area contributed by atoms with Crippen LogP contribution in [0.25, 0.3) is 11.1 Å². The van der Waals surface area contributed by atoms with E-state index >= 15 is 0 Å². The van der Waals surface area contributed by atoms with Crippen LogP contribution in [0.2, 0.25) is 0 Å². The number of hydrogen-bond acceptors (Lipinski definition) is 2. The highest BCUT2D eigenvalue weighted by molar-refractivity contribution is 5.94. The van der Waals surface area contributed by atoms with Gasteiger partial charge in [-0.25, -0.2) is 4.39 Å². The molecule has 3 rings (SSSR count). The molecule has 122 valence electrons. The van der Waals surface area contributed by atoms with Gasteiger partial charge in [0, 0.05) is 25.0 Å². The Morgan fingerprint density at radius 1 is 1.17 bits per heavy atom. The van der Waals surface area contributed by atoms with Gasteiger partial charge in [-0.05, 0) is 42.8 Å². The van der Waals surface area contributed by atoms with Gasteiger partial charge in [0.05, 0.1) is 11.7 Å². The third-order valence-corrected chi connectivity index (χ3v) is 3.89. The molecule has 24 heavy (non-hydrogen) atoms. The number of pyridine rings is 1. The van der Waals surface area contributed by atoms with Crippen LogP contribution in [-0.2, 0) is 7.05 Å². The molecular weight excluding hydrogens is 305 g/mol. The van der Waals surface area contributed by atoms with Gasteiger partial charge in [0.25, 0.3) is 5.91 Å². The highest BCUT2D eigenvalue weighted by atomic mass is 19.1. The van der Waals surface area contributed by atoms with E-state index in [-0.39, 0.29) is 17.8 Å². The molecule has 0 fully saturated rings. The molecule has 0 saturated heterocycles. The van der Waals surface area contributed by atoms with Crippen LogP contribution in [0, 0.1) is 5.82 Å². The quantitative estimate of drug-likeness (QED) is 0.795. The Bertz CT molecular complexity index is 841. The van der Waals surface area contributed by atoms with Crippen molar-refractivity contribution in [2.24, 2.45) is 7.05 Å². The van der Waals surface area contributed by atoms with Crippen molar-refractivity contribution in [1.29, 1.82) is 0 Å². The third-order valence-electron chi connectivity index (χ3n) is 3.89. The van der Waals surface area contributed by atoms with Gasteiger partial charge in [-0.2, -0.15) is 0 Å². The predicted molar refractivity (Wildman–Crippen MR) is 90.9 cm³/mol. The fraction of sp³-hybridized carbons (Fsp3) is 0.158. The Balaban J connectivity index is 1.79. The van der Waals surface area contributed by atoms with Gasteiger partial charge in [0.15, 0.2) is 0 Å². The molecule has 1 atom stereocenters. The molecule has 4 nitrogen and oxygen atoms in total. The smallest absolute Gasteiger partial charge is 0.268 e. The van der Waals surface area contributed by atoms with Crippen molar-refractivity contribution < 1.29 is 9.18 Å². The normalized spacial score (nSPS) is 12.0. The molecule has 1 amide bonds. The van der Waals surface area contributed by atoms with Gasteiger partial charge in [-0.1, -0.05) is 18.2 Å². The van der Waals surface area contributed by atoms with Crippen molar-refractivity contribution in [2.75, 3.05) is 0 Å². The lowest BCUT2D eigenvalue weighted by Gasteiger charge is -2.13. The van der Waals surface area contributed by atoms with Crippen LogP contribution in [0.1, 0.15) is 29.1 Å². The van der Waals surface area contributed by atoms with Crippen molar-refractivity contribution in [2.45, 2.75) is 13.0 Å². The summed E-state index contributed by atoms with van der Waals surface area (Å²) in [5, 5.41) is 2.94. The summed E-state index contributed by atoms with van der Waals surface area (Å²) in [5.74, 6) is -0.458. The minimum atomic E-state index is -0.281. The Hall–Kier alpha value is -2.95. The van der Waals surface area contributed by atoms with Gasteiger partial charge >= 0.3 is 0 Å². The molecule has 1 unspecified atom stereocenters. The molecule has 0 bridgehead atoms. The molecule has 0 spiro atoms. The van der Waals surface area contributed by atoms with Crippen LogP contribution in [0.3, 0.4) is 0 Å². The first-order chi connectivity index (χ1) is 11.5. The van der Waals surface area contributed by atoms with Crippen molar-refractivity contribution in [3.05, 3.63) is 78.1 Å². The van der Waals surface area contributed by atoms with Crippen LogP contribution in [0.5, 0.6) is 0 Å². The summed E-state index contributed by atoms with van der Waals surface area (Å²) in [5.41, 5.74) is 3.08. The number of aromatic nitrogens is 2. The number of amides is 1. The number of benzene rings is 1. The zero-order valence-corrected chi connectivity index (χ0v) is 13.5. The number of halogens is 1. The van der Waals surface area contributed by atoms with E-state index in [9.17, 15) is 9.18 Å². The van der Waals surface area contributed by atoms with E-state index in [0.717, 1.165) is 16.8 Å². The summed E-state index contributed by atoms with van der Waals surface area (Å²) < 4.78 is 14.8. The van der Waals surface area contributed by atoms with Gasteiger partial charge in [-0.3, -0.25) is 9.78 Å². The van der Waals surface area contributed by atoms with E-state index in [4.69, 9.17) is 0 Å². The monoisotopic (exact) mass is 323 g/mol. The first-order valence-corrected chi connectivity index (χ1v) is 7.68. The van der Waals surface area contributed by atoms with Crippen molar-refractivity contribution in [3.8, 4) is 11.1 Å². The molecule has 2 heterocycles. The molecule has 1 N–H and O–H groups in total. The average Bonchev–Trinajstić information content (AvgIpc) is 2.98. The van der Waals surface area contributed by atoms with E-state index < -0.39 is 0 Å². The third kappa shape index (κ3) is 3.35. The molecular formula is C19H18FN3O. The number of carbonyl (C=O) groups is 1. The average molecular weight is 323 g/mol. The predicted octanol–water partition coefficient (Wildman–Crippen LogP) is 3.72. The molecule has 0 saturated carbocycles. The maximum Gasteiger partial charge on any atom is 0.268 e. The Kier molecular flexibility index (Phi) is 4.42. The summed E-state index contributed by atoms with van der Waals surface area (Å²) in [4.78, 5) is 16.8. The summed E-state index contributed by atoms with van der Waals surface area (Å²) in [6, 6.07) is 13.4. The van der Waals surface area contributed by atoms with Gasteiger partial charge in [-0.15, -0.1) is 0 Å². The van der Waals surface area contributed by atoms with E-state index in [1.807, 2.05) is 38.4 Å². The van der Waals surface area contributed by atoms with Crippen molar-refractivity contribution in [1.82, 2.24) is 14.9 Å². The summed E-state index contributed by atoms with van der Waals surface area (Å²) in [6.07, 6.45) is 3.56. The van der Waals surface area contributed by atoms with Crippen LogP contribution in [0.4, 0.5) is 4.39 Å². The van der Waals surface area contributed by atoms with E-state index in [1.54, 1.807) is 29.0 Å². The first-order valence-electron chi connectivity index (χ1n) is 7.68. The highest BCUT2D eigenvalue weighted by Crippen LogP contribution is 2.22. The standard InChI is InChI=1S/C19H18FN3O/c1-13(17-5-3-4-10-21-17)22-19(24)18-11-15(12-23(18)2)14-6-8-16(20)9-7-14/h3-13H,1-2H3,(H,22,24). The molecule has 0 aliphatic carbocycles. The van der Waals surface area contributed by atoms with E-state index in [0.29, 0.717) is 5.69 Å². The lowest BCUT2D eigenvalue weighted by molar-refractivity contribution is 0.0931. The molecule has 5 heteroatoms. The van der Waals surface area contributed by atoms with E-state index in [1.165, 1.54) is 12.1 Å². The Morgan fingerprint density at radius 2 is 1.92 bits per heavy atom. The van der Waals surface area contributed by atoms with E-state index in [2.05, 4.69) is 10.3 Å². The lowest BCUT2D eigenvalue weighted by Crippen LogP contribution is -2.28. The number of nitrogens with zero attached hydrogens (tertiary/aromatic N) is 2. The molecule has 0 aliphatic rings. The van der Waals surface area contributed by atoms with Crippen molar-refractivity contribution in [3.63, 3.8) is 0 Å². The topological polar surface area (TPSA) is 46.9 Å². The van der Waals surface area contributed by atoms with Gasteiger partial charge < -0.3 is 9.88 Å². The maximum atomic E-state index is 13.0. The van der Waals surface area contributed by atoms with Crippen molar-refractivity contribution >= 4 is 5.91 Å². The number of carbonyl (C=O) groups excluding carboxylic acids is 1. The largest absolute Gasteiger partial charge is 0.346 e. The van der Waals surface area contributed by atoms with Gasteiger partial charge in [0.1, 0.15) is 11.5 Å². The second-order valence-electron chi connectivity index (χ2n) is 5.68. The van der Waals surface area contributed by atoms with Crippen LogP contribution < -0.4 is 5.32 Å². The fourth-order valence-electron chi connectivity index (χ4n) is 2.57. The fourth-order valence-corrected chi connectivity index (χ4v) is 2.57. The molecule has 1 aromatic carbocycles. The number of nitrogens with one attached hydrogen (secondary N) is 1. The molecule has 3 aromatic rings. The zero-order valence-electron chi connectivity index (χ0n) is 13.5. The number of rotatable bonds is 4. The Morgan fingerprint density at radius 3 is 2.58 bits per heavy atom.